The van der Waals surface area contributed by atoms with E-state index in [9.17, 15) is 10.5 Å². The van der Waals surface area contributed by atoms with E-state index in [2.05, 4.69) is 12.1 Å². The van der Waals surface area contributed by atoms with Crippen molar-refractivity contribution in [2.45, 2.75) is 6.92 Å². The highest BCUT2D eigenvalue weighted by atomic mass is 16.5. The first-order valence-corrected chi connectivity index (χ1v) is 8.07. The number of methoxy groups -OCH3 is 1. The van der Waals surface area contributed by atoms with E-state index in [0.717, 1.165) is 28.0 Å². The van der Waals surface area contributed by atoms with Gasteiger partial charge in [0, 0.05) is 11.1 Å². The van der Waals surface area contributed by atoms with Crippen molar-refractivity contribution in [2.75, 3.05) is 12.8 Å². The summed E-state index contributed by atoms with van der Waals surface area (Å²) in [6, 6.07) is 21.4. The largest absolute Gasteiger partial charge is 0.497 e. The van der Waals surface area contributed by atoms with Crippen molar-refractivity contribution in [3.8, 4) is 40.1 Å². The van der Waals surface area contributed by atoms with Crippen LogP contribution in [0.4, 0.5) is 5.69 Å². The first-order chi connectivity index (χ1) is 12.6. The van der Waals surface area contributed by atoms with Crippen molar-refractivity contribution in [3.05, 3.63) is 71.3 Å². The second-order valence-corrected chi connectivity index (χ2v) is 5.95. The molecule has 3 rings (SSSR count). The molecule has 0 aromatic heterocycles. The van der Waals surface area contributed by atoms with Gasteiger partial charge in [-0.1, -0.05) is 42.0 Å². The van der Waals surface area contributed by atoms with Crippen LogP contribution in [0, 0.1) is 29.6 Å². The maximum absolute atomic E-state index is 9.62. The van der Waals surface area contributed by atoms with E-state index in [-0.39, 0.29) is 5.69 Å². The average Bonchev–Trinajstić information content (AvgIpc) is 2.68. The first-order valence-electron chi connectivity index (χ1n) is 8.07. The third kappa shape index (κ3) is 2.97. The fourth-order valence-corrected chi connectivity index (χ4v) is 2.90. The van der Waals surface area contributed by atoms with Crippen molar-refractivity contribution in [3.63, 3.8) is 0 Å². The van der Waals surface area contributed by atoms with Crippen LogP contribution < -0.4 is 10.5 Å². The van der Waals surface area contributed by atoms with Crippen LogP contribution in [0.2, 0.25) is 0 Å². The molecule has 3 aromatic carbocycles. The molecule has 2 N–H and O–H groups in total. The van der Waals surface area contributed by atoms with Gasteiger partial charge < -0.3 is 10.5 Å². The van der Waals surface area contributed by atoms with E-state index >= 15 is 0 Å². The van der Waals surface area contributed by atoms with Crippen molar-refractivity contribution in [1.82, 2.24) is 0 Å². The van der Waals surface area contributed by atoms with E-state index in [0.29, 0.717) is 16.7 Å². The SMILES string of the molecule is COc1ccc(-c2cc(-c3ccc(C)cc3)c(C#N)c(N)c2C#N)cc1. The first kappa shape index (κ1) is 17.1. The zero-order chi connectivity index (χ0) is 18.7. The summed E-state index contributed by atoms with van der Waals surface area (Å²) in [5, 5.41) is 19.2. The molecule has 126 valence electrons. The minimum Gasteiger partial charge on any atom is -0.497 e. The summed E-state index contributed by atoms with van der Waals surface area (Å²) < 4.78 is 5.19. The summed E-state index contributed by atoms with van der Waals surface area (Å²) in [6.07, 6.45) is 0. The molecule has 0 aliphatic carbocycles. The zero-order valence-electron chi connectivity index (χ0n) is 14.6. The molecular weight excluding hydrogens is 322 g/mol. The predicted molar refractivity (Wildman–Crippen MR) is 102 cm³/mol. The molecule has 0 radical (unpaired) electrons. The molecular formula is C22H17N3O. The van der Waals surface area contributed by atoms with Crippen molar-refractivity contribution in [1.29, 1.82) is 10.5 Å². The fourth-order valence-electron chi connectivity index (χ4n) is 2.90. The van der Waals surface area contributed by atoms with Gasteiger partial charge in [0.05, 0.1) is 23.9 Å². The number of hydrogen-bond donors (Lipinski definition) is 1. The summed E-state index contributed by atoms with van der Waals surface area (Å²) in [7, 11) is 1.60. The summed E-state index contributed by atoms with van der Waals surface area (Å²) >= 11 is 0. The Bertz CT molecular complexity index is 1040. The normalized spacial score (nSPS) is 10.0. The van der Waals surface area contributed by atoms with Crippen LogP contribution in [0.5, 0.6) is 5.75 Å². The Balaban J connectivity index is 2.29. The smallest absolute Gasteiger partial charge is 0.118 e. The summed E-state index contributed by atoms with van der Waals surface area (Å²) in [6.45, 7) is 2.00. The van der Waals surface area contributed by atoms with Crippen LogP contribution in [-0.2, 0) is 0 Å². The van der Waals surface area contributed by atoms with Gasteiger partial charge in [0.2, 0.25) is 0 Å². The second-order valence-electron chi connectivity index (χ2n) is 5.95. The van der Waals surface area contributed by atoms with Crippen LogP contribution in [0.15, 0.2) is 54.6 Å². The van der Waals surface area contributed by atoms with E-state index in [1.165, 1.54) is 0 Å². The quantitative estimate of drug-likeness (QED) is 0.703. The van der Waals surface area contributed by atoms with Gasteiger partial charge in [-0.3, -0.25) is 0 Å². The molecule has 0 fully saturated rings. The number of benzene rings is 3. The molecule has 3 aromatic rings. The van der Waals surface area contributed by atoms with Crippen LogP contribution in [0.1, 0.15) is 16.7 Å². The topological polar surface area (TPSA) is 82.8 Å². The molecule has 0 aliphatic rings. The van der Waals surface area contributed by atoms with Gasteiger partial charge in [0.1, 0.15) is 17.9 Å². The average molecular weight is 339 g/mol. The van der Waals surface area contributed by atoms with Crippen LogP contribution in [-0.4, -0.2) is 7.11 Å². The van der Waals surface area contributed by atoms with Gasteiger partial charge in [-0.25, -0.2) is 0 Å². The van der Waals surface area contributed by atoms with Crippen molar-refractivity contribution < 1.29 is 4.74 Å². The number of aryl methyl sites for hydroxylation is 1. The molecule has 0 atom stereocenters. The Kier molecular flexibility index (Phi) is 4.60. The maximum atomic E-state index is 9.62. The van der Waals surface area contributed by atoms with E-state index in [4.69, 9.17) is 10.5 Å². The zero-order valence-corrected chi connectivity index (χ0v) is 14.6. The van der Waals surface area contributed by atoms with Gasteiger partial charge in [-0.15, -0.1) is 0 Å². The molecule has 0 bridgehead atoms. The lowest BCUT2D eigenvalue weighted by Gasteiger charge is -2.14. The number of nitrogens with two attached hydrogens (primary N) is 1. The number of ether oxygens (including phenoxy) is 1. The Morgan fingerprint density at radius 3 is 1.69 bits per heavy atom. The van der Waals surface area contributed by atoms with Crippen molar-refractivity contribution >= 4 is 5.69 Å². The standard InChI is InChI=1S/C22H17N3O/c1-14-3-5-15(6-4-14)18-11-19(16-7-9-17(26-2)10-8-16)21(13-24)22(25)20(18)12-23/h3-11H,25H2,1-2H3. The molecule has 0 heterocycles. The van der Waals surface area contributed by atoms with Gasteiger partial charge in [0.25, 0.3) is 0 Å². The Morgan fingerprint density at radius 2 is 1.27 bits per heavy atom. The van der Waals surface area contributed by atoms with Gasteiger partial charge in [-0.2, -0.15) is 10.5 Å². The molecule has 0 unspecified atom stereocenters. The highest BCUT2D eigenvalue weighted by molar-refractivity contribution is 5.89. The molecule has 4 nitrogen and oxygen atoms in total. The third-order valence-electron chi connectivity index (χ3n) is 4.35. The lowest BCUT2D eigenvalue weighted by Crippen LogP contribution is -2.00. The minimum atomic E-state index is 0.207. The minimum absolute atomic E-state index is 0.207. The Morgan fingerprint density at radius 1 is 0.808 bits per heavy atom. The van der Waals surface area contributed by atoms with Gasteiger partial charge in [0.15, 0.2) is 0 Å². The predicted octanol–water partition coefficient (Wildman–Crippen LogP) is 4.66. The lowest BCUT2D eigenvalue weighted by molar-refractivity contribution is 0.415. The van der Waals surface area contributed by atoms with E-state index in [1.54, 1.807) is 7.11 Å². The Labute approximate surface area is 152 Å². The number of anilines is 1. The third-order valence-corrected chi connectivity index (χ3v) is 4.35. The summed E-state index contributed by atoms with van der Waals surface area (Å²) in [4.78, 5) is 0. The molecule has 26 heavy (non-hydrogen) atoms. The van der Waals surface area contributed by atoms with Gasteiger partial charge in [-0.05, 0) is 36.2 Å². The number of rotatable bonds is 3. The van der Waals surface area contributed by atoms with Gasteiger partial charge >= 0.3 is 0 Å². The molecule has 0 amide bonds. The molecule has 0 spiro atoms. The lowest BCUT2D eigenvalue weighted by atomic mass is 9.89. The summed E-state index contributed by atoms with van der Waals surface area (Å²) in [5.41, 5.74) is 11.3. The van der Waals surface area contributed by atoms with Crippen molar-refractivity contribution in [2.24, 2.45) is 0 Å². The van der Waals surface area contributed by atoms with Crippen LogP contribution in [0.25, 0.3) is 22.3 Å². The monoisotopic (exact) mass is 339 g/mol. The summed E-state index contributed by atoms with van der Waals surface area (Å²) in [5.74, 6) is 0.729. The maximum Gasteiger partial charge on any atom is 0.118 e. The van der Waals surface area contributed by atoms with Crippen LogP contribution >= 0.6 is 0 Å². The highest BCUT2D eigenvalue weighted by Gasteiger charge is 2.18. The fraction of sp³-hybridized carbons (Fsp3) is 0.0909. The molecule has 0 saturated carbocycles. The van der Waals surface area contributed by atoms with Crippen LogP contribution in [0.3, 0.4) is 0 Å². The van der Waals surface area contributed by atoms with E-state index in [1.807, 2.05) is 61.5 Å². The molecule has 0 aliphatic heterocycles. The number of nitrogens with zero attached hydrogens (tertiary/aromatic N) is 2. The number of nitriles is 2. The highest BCUT2D eigenvalue weighted by Crippen LogP contribution is 2.37. The Hall–Kier alpha value is -3.76. The molecule has 4 heteroatoms. The number of hydrogen-bond acceptors (Lipinski definition) is 4. The number of nitrogen functional groups attached to an aromatic ring is 1. The molecule has 0 saturated heterocycles. The van der Waals surface area contributed by atoms with E-state index < -0.39 is 0 Å². The second kappa shape index (κ2) is 7.01.